The topological polar surface area (TPSA) is 78.6 Å². The molecule has 0 radical (unpaired) electrons. The minimum Gasteiger partial charge on any atom is -0.383 e. The Bertz CT molecular complexity index is 1210. The first-order valence-corrected chi connectivity index (χ1v) is 10.3. The van der Waals surface area contributed by atoms with Crippen molar-refractivity contribution < 1.29 is 0 Å². The van der Waals surface area contributed by atoms with E-state index in [4.69, 9.17) is 28.5 Å². The predicted octanol–water partition coefficient (Wildman–Crippen LogP) is 5.64. The van der Waals surface area contributed by atoms with E-state index in [-0.39, 0.29) is 0 Å². The maximum absolute atomic E-state index is 8.84. The van der Waals surface area contributed by atoms with Gasteiger partial charge >= 0.3 is 0 Å². The van der Waals surface area contributed by atoms with Gasteiger partial charge in [0.2, 0.25) is 0 Å². The number of halogens is 2. The van der Waals surface area contributed by atoms with Crippen LogP contribution >= 0.6 is 23.2 Å². The van der Waals surface area contributed by atoms with Crippen molar-refractivity contribution in [2.24, 2.45) is 0 Å². The van der Waals surface area contributed by atoms with E-state index in [1.807, 2.05) is 35.0 Å². The third kappa shape index (κ3) is 4.97. The molecule has 0 saturated heterocycles. The summed E-state index contributed by atoms with van der Waals surface area (Å²) in [6.07, 6.45) is 6.93. The SMILES string of the molecule is N#Cc1ccc(NCCNc2ccc(-n3ccnc3)c(-c3ccc(Cl)cc3Cl)c2)nc1. The highest BCUT2D eigenvalue weighted by Crippen LogP contribution is 2.35. The quantitative estimate of drug-likeness (QED) is 0.357. The molecule has 8 heteroatoms. The zero-order chi connectivity index (χ0) is 21.6. The Labute approximate surface area is 190 Å². The molecule has 2 aromatic heterocycles. The lowest BCUT2D eigenvalue weighted by atomic mass is 10.0. The van der Waals surface area contributed by atoms with Crippen molar-refractivity contribution in [3.8, 4) is 22.9 Å². The molecule has 0 amide bonds. The van der Waals surface area contributed by atoms with Crippen LogP contribution in [0.3, 0.4) is 0 Å². The molecule has 0 bridgehead atoms. The van der Waals surface area contributed by atoms with Gasteiger partial charge in [0.1, 0.15) is 11.9 Å². The zero-order valence-electron chi connectivity index (χ0n) is 16.4. The lowest BCUT2D eigenvalue weighted by Crippen LogP contribution is -2.14. The second kappa shape index (κ2) is 9.52. The van der Waals surface area contributed by atoms with Gasteiger partial charge < -0.3 is 15.2 Å². The fraction of sp³-hybridized carbons (Fsp3) is 0.0870. The van der Waals surface area contributed by atoms with Gasteiger partial charge in [-0.25, -0.2) is 9.97 Å². The third-order valence-corrected chi connectivity index (χ3v) is 5.20. The summed E-state index contributed by atoms with van der Waals surface area (Å²) in [5, 5.41) is 16.7. The summed E-state index contributed by atoms with van der Waals surface area (Å²) < 4.78 is 1.95. The van der Waals surface area contributed by atoms with E-state index in [0.717, 1.165) is 28.3 Å². The molecule has 0 aliphatic heterocycles. The number of benzene rings is 2. The molecule has 4 rings (SSSR count). The van der Waals surface area contributed by atoms with Gasteiger partial charge in [-0.2, -0.15) is 5.26 Å². The molecule has 6 nitrogen and oxygen atoms in total. The Hall–Kier alpha value is -3.53. The van der Waals surface area contributed by atoms with E-state index < -0.39 is 0 Å². The maximum atomic E-state index is 8.84. The molecule has 0 atom stereocenters. The second-order valence-corrected chi connectivity index (χ2v) is 7.57. The van der Waals surface area contributed by atoms with Crippen molar-refractivity contribution >= 4 is 34.7 Å². The molecule has 2 aromatic carbocycles. The Balaban J connectivity index is 1.51. The normalized spacial score (nSPS) is 10.5. The number of nitrogens with zero attached hydrogens (tertiary/aromatic N) is 4. The molecule has 0 spiro atoms. The standard InChI is InChI=1S/C23H18Cl2N6/c24-17-2-4-19(21(25)11-17)20-12-18(3-5-22(20)31-10-9-27-15-31)28-7-8-29-23-6-1-16(13-26)14-30-23/h1-6,9-12,14-15,28H,7-8H2,(H,29,30). The molecule has 154 valence electrons. The third-order valence-electron chi connectivity index (χ3n) is 4.65. The van der Waals surface area contributed by atoms with E-state index in [1.54, 1.807) is 36.9 Å². The highest BCUT2D eigenvalue weighted by atomic mass is 35.5. The molecular weight excluding hydrogens is 431 g/mol. The van der Waals surface area contributed by atoms with Crippen molar-refractivity contribution in [1.82, 2.24) is 14.5 Å². The number of pyridine rings is 1. The van der Waals surface area contributed by atoms with E-state index in [1.165, 1.54) is 0 Å². The largest absolute Gasteiger partial charge is 0.383 e. The molecule has 0 saturated carbocycles. The van der Waals surface area contributed by atoms with Crippen LogP contribution in [-0.4, -0.2) is 27.6 Å². The summed E-state index contributed by atoms with van der Waals surface area (Å²) in [6.45, 7) is 1.35. The first-order chi connectivity index (χ1) is 15.1. The number of nitriles is 1. The Morgan fingerprint density at radius 1 is 0.968 bits per heavy atom. The fourth-order valence-corrected chi connectivity index (χ4v) is 3.67. The maximum Gasteiger partial charge on any atom is 0.126 e. The van der Waals surface area contributed by atoms with Gasteiger partial charge in [0.15, 0.2) is 0 Å². The molecule has 0 aliphatic carbocycles. The van der Waals surface area contributed by atoms with Crippen LogP contribution < -0.4 is 10.6 Å². The first kappa shape index (κ1) is 20.7. The van der Waals surface area contributed by atoms with Crippen LogP contribution in [0.4, 0.5) is 11.5 Å². The monoisotopic (exact) mass is 448 g/mol. The van der Waals surface area contributed by atoms with Crippen LogP contribution in [0.15, 0.2) is 73.4 Å². The molecule has 2 heterocycles. The number of aromatic nitrogens is 3. The molecule has 4 aromatic rings. The van der Waals surface area contributed by atoms with Crippen LogP contribution in [0.5, 0.6) is 0 Å². The highest BCUT2D eigenvalue weighted by Gasteiger charge is 2.12. The van der Waals surface area contributed by atoms with Crippen LogP contribution in [0.2, 0.25) is 10.0 Å². The van der Waals surface area contributed by atoms with Gasteiger partial charge in [0.05, 0.1) is 17.6 Å². The molecule has 0 fully saturated rings. The van der Waals surface area contributed by atoms with Crippen LogP contribution in [0.25, 0.3) is 16.8 Å². The lowest BCUT2D eigenvalue weighted by molar-refractivity contribution is 1.05. The van der Waals surface area contributed by atoms with Crippen molar-refractivity contribution in [3.63, 3.8) is 0 Å². The first-order valence-electron chi connectivity index (χ1n) is 9.56. The summed E-state index contributed by atoms with van der Waals surface area (Å²) >= 11 is 12.6. The summed E-state index contributed by atoms with van der Waals surface area (Å²) in [4.78, 5) is 8.36. The fourth-order valence-electron chi connectivity index (χ4n) is 3.16. The van der Waals surface area contributed by atoms with Gasteiger partial charge in [-0.1, -0.05) is 29.3 Å². The molecule has 0 aliphatic rings. The summed E-state index contributed by atoms with van der Waals surface area (Å²) in [6, 6.07) is 17.2. The number of nitrogens with one attached hydrogen (secondary N) is 2. The van der Waals surface area contributed by atoms with Crippen LogP contribution in [0.1, 0.15) is 5.56 Å². The van der Waals surface area contributed by atoms with Crippen molar-refractivity contribution in [3.05, 3.63) is 89.1 Å². The molecular formula is C23H18Cl2N6. The Morgan fingerprint density at radius 3 is 2.55 bits per heavy atom. The molecule has 2 N–H and O–H groups in total. The summed E-state index contributed by atoms with van der Waals surface area (Å²) in [5.74, 6) is 0.727. The van der Waals surface area contributed by atoms with E-state index >= 15 is 0 Å². The average Bonchev–Trinajstić information content (AvgIpc) is 3.32. The zero-order valence-corrected chi connectivity index (χ0v) is 17.9. The molecule has 31 heavy (non-hydrogen) atoms. The number of anilines is 2. The van der Waals surface area contributed by atoms with Gasteiger partial charge in [-0.05, 0) is 42.5 Å². The number of hydrogen-bond acceptors (Lipinski definition) is 5. The average molecular weight is 449 g/mol. The predicted molar refractivity (Wildman–Crippen MR) is 125 cm³/mol. The van der Waals surface area contributed by atoms with Gasteiger partial charge in [-0.15, -0.1) is 0 Å². The van der Waals surface area contributed by atoms with E-state index in [9.17, 15) is 0 Å². The Morgan fingerprint density at radius 2 is 1.84 bits per heavy atom. The number of hydrogen-bond donors (Lipinski definition) is 2. The van der Waals surface area contributed by atoms with Gasteiger partial charge in [-0.3, -0.25) is 0 Å². The van der Waals surface area contributed by atoms with E-state index in [2.05, 4.69) is 32.7 Å². The number of imidazole rings is 1. The lowest BCUT2D eigenvalue weighted by Gasteiger charge is -2.15. The van der Waals surface area contributed by atoms with Gasteiger partial charge in [0.25, 0.3) is 0 Å². The summed E-state index contributed by atoms with van der Waals surface area (Å²) in [5.41, 5.74) is 4.31. The molecule has 0 unspecified atom stereocenters. The van der Waals surface area contributed by atoms with Gasteiger partial charge in [0, 0.05) is 58.5 Å². The summed E-state index contributed by atoms with van der Waals surface area (Å²) in [7, 11) is 0. The minimum absolute atomic E-state index is 0.537. The van der Waals surface area contributed by atoms with Crippen molar-refractivity contribution in [2.75, 3.05) is 23.7 Å². The Kier molecular flexibility index (Phi) is 6.37. The van der Waals surface area contributed by atoms with E-state index in [0.29, 0.717) is 28.7 Å². The number of rotatable bonds is 7. The van der Waals surface area contributed by atoms with Crippen LogP contribution in [-0.2, 0) is 0 Å². The minimum atomic E-state index is 0.537. The second-order valence-electron chi connectivity index (χ2n) is 6.72. The highest BCUT2D eigenvalue weighted by molar-refractivity contribution is 6.36. The van der Waals surface area contributed by atoms with Crippen molar-refractivity contribution in [1.29, 1.82) is 5.26 Å². The van der Waals surface area contributed by atoms with Crippen molar-refractivity contribution in [2.45, 2.75) is 0 Å². The smallest absolute Gasteiger partial charge is 0.126 e. The van der Waals surface area contributed by atoms with Crippen LogP contribution in [0, 0.1) is 11.3 Å².